The highest BCUT2D eigenvalue weighted by atomic mass is 16.5. The molecule has 2 unspecified atom stereocenters. The molecule has 7 heteroatoms. The summed E-state index contributed by atoms with van der Waals surface area (Å²) in [5.41, 5.74) is 5.78. The molecule has 4 N–H and O–H groups in total. The number of morpholine rings is 1. The number of nitrogens with two attached hydrogens (primary N) is 1. The third-order valence-electron chi connectivity index (χ3n) is 3.02. The molecule has 1 heterocycles. The van der Waals surface area contributed by atoms with Gasteiger partial charge in [-0.1, -0.05) is 0 Å². The van der Waals surface area contributed by atoms with Crippen LogP contribution in [0.5, 0.6) is 0 Å². The molecule has 1 aliphatic heterocycles. The summed E-state index contributed by atoms with van der Waals surface area (Å²) >= 11 is 0. The van der Waals surface area contributed by atoms with Crippen LogP contribution in [0.1, 0.15) is 19.8 Å². The SMILES string of the molecule is CC(N)C1CN(CC(=O)NCCCC(=O)O)CCO1. The van der Waals surface area contributed by atoms with Gasteiger partial charge in [0.2, 0.25) is 5.91 Å². The first kappa shape index (κ1) is 15.9. The molecule has 0 aliphatic carbocycles. The third kappa shape index (κ3) is 6.51. The van der Waals surface area contributed by atoms with Gasteiger partial charge in [-0.15, -0.1) is 0 Å². The van der Waals surface area contributed by atoms with Crippen LogP contribution >= 0.6 is 0 Å². The van der Waals surface area contributed by atoms with Crippen LogP contribution < -0.4 is 11.1 Å². The standard InChI is InChI=1S/C12H23N3O4/c1-9(13)10-7-15(5-6-19-10)8-11(16)14-4-2-3-12(17)18/h9-10H,2-8,13H2,1H3,(H,14,16)(H,17,18). The number of carbonyl (C=O) groups excluding carboxylic acids is 1. The van der Waals surface area contributed by atoms with E-state index in [4.69, 9.17) is 15.6 Å². The van der Waals surface area contributed by atoms with Gasteiger partial charge in [0.15, 0.2) is 0 Å². The molecule has 19 heavy (non-hydrogen) atoms. The number of hydrogen-bond donors (Lipinski definition) is 3. The second-order valence-corrected chi connectivity index (χ2v) is 4.85. The average molecular weight is 273 g/mol. The van der Waals surface area contributed by atoms with Crippen molar-refractivity contribution >= 4 is 11.9 Å². The number of amides is 1. The molecule has 0 radical (unpaired) electrons. The number of nitrogens with one attached hydrogen (secondary N) is 1. The number of nitrogens with zero attached hydrogens (tertiary/aromatic N) is 1. The maximum absolute atomic E-state index is 11.7. The van der Waals surface area contributed by atoms with E-state index in [-0.39, 0.29) is 24.5 Å². The minimum Gasteiger partial charge on any atom is -0.481 e. The van der Waals surface area contributed by atoms with Crippen LogP contribution in [0.2, 0.25) is 0 Å². The zero-order valence-corrected chi connectivity index (χ0v) is 11.3. The second kappa shape index (κ2) is 8.08. The first-order valence-electron chi connectivity index (χ1n) is 6.57. The highest BCUT2D eigenvalue weighted by molar-refractivity contribution is 5.78. The summed E-state index contributed by atoms with van der Waals surface area (Å²) in [5.74, 6) is -0.932. The van der Waals surface area contributed by atoms with E-state index in [2.05, 4.69) is 5.32 Å². The molecule has 1 fully saturated rings. The number of hydrogen-bond acceptors (Lipinski definition) is 5. The second-order valence-electron chi connectivity index (χ2n) is 4.85. The lowest BCUT2D eigenvalue weighted by molar-refractivity contribution is -0.137. The van der Waals surface area contributed by atoms with E-state index in [1.54, 1.807) is 0 Å². The Morgan fingerprint density at radius 3 is 2.95 bits per heavy atom. The topological polar surface area (TPSA) is 105 Å². The molecule has 0 aromatic rings. The van der Waals surface area contributed by atoms with Crippen LogP contribution in [0.3, 0.4) is 0 Å². The zero-order chi connectivity index (χ0) is 14.3. The molecule has 7 nitrogen and oxygen atoms in total. The van der Waals surface area contributed by atoms with Crippen LogP contribution in [0.25, 0.3) is 0 Å². The van der Waals surface area contributed by atoms with Crippen molar-refractivity contribution in [2.75, 3.05) is 32.8 Å². The molecule has 1 amide bonds. The molecule has 0 spiro atoms. The fraction of sp³-hybridized carbons (Fsp3) is 0.833. The van der Waals surface area contributed by atoms with Crippen molar-refractivity contribution in [3.8, 4) is 0 Å². The molecule has 1 aliphatic rings. The summed E-state index contributed by atoms with van der Waals surface area (Å²) in [6.07, 6.45) is 0.491. The van der Waals surface area contributed by atoms with E-state index >= 15 is 0 Å². The summed E-state index contributed by atoms with van der Waals surface area (Å²) in [5, 5.41) is 11.2. The van der Waals surface area contributed by atoms with Gasteiger partial charge in [-0.25, -0.2) is 0 Å². The number of carboxylic acids is 1. The predicted molar refractivity (Wildman–Crippen MR) is 69.7 cm³/mol. The van der Waals surface area contributed by atoms with Gasteiger partial charge in [-0.05, 0) is 13.3 Å². The fourth-order valence-electron chi connectivity index (χ4n) is 1.92. The average Bonchev–Trinajstić information content (AvgIpc) is 2.34. The Morgan fingerprint density at radius 1 is 1.58 bits per heavy atom. The molecular weight excluding hydrogens is 250 g/mol. The normalized spacial score (nSPS) is 21.9. The van der Waals surface area contributed by atoms with Crippen molar-refractivity contribution in [2.45, 2.75) is 31.9 Å². The van der Waals surface area contributed by atoms with Gasteiger partial charge in [-0.2, -0.15) is 0 Å². The lowest BCUT2D eigenvalue weighted by Crippen LogP contribution is -2.51. The van der Waals surface area contributed by atoms with Crippen molar-refractivity contribution in [3.63, 3.8) is 0 Å². The molecule has 1 rings (SSSR count). The third-order valence-corrected chi connectivity index (χ3v) is 3.02. The first-order valence-corrected chi connectivity index (χ1v) is 6.57. The van der Waals surface area contributed by atoms with Crippen LogP contribution in [0.4, 0.5) is 0 Å². The number of rotatable bonds is 7. The van der Waals surface area contributed by atoms with Crippen molar-refractivity contribution in [3.05, 3.63) is 0 Å². The van der Waals surface area contributed by atoms with E-state index < -0.39 is 5.97 Å². The molecule has 0 saturated carbocycles. The van der Waals surface area contributed by atoms with Crippen LogP contribution in [0, 0.1) is 0 Å². The van der Waals surface area contributed by atoms with Crippen molar-refractivity contribution in [2.24, 2.45) is 5.73 Å². The lowest BCUT2D eigenvalue weighted by atomic mass is 10.1. The maximum Gasteiger partial charge on any atom is 0.303 e. The Bertz CT molecular complexity index is 309. The minimum absolute atomic E-state index is 0.0337. The molecule has 0 aromatic heterocycles. The van der Waals surface area contributed by atoms with Gasteiger partial charge >= 0.3 is 5.97 Å². The van der Waals surface area contributed by atoms with Gasteiger partial charge in [0.05, 0.1) is 19.3 Å². The quantitative estimate of drug-likeness (QED) is 0.515. The summed E-state index contributed by atoms with van der Waals surface area (Å²) in [7, 11) is 0. The molecule has 1 saturated heterocycles. The summed E-state index contributed by atoms with van der Waals surface area (Å²) < 4.78 is 5.51. The highest BCUT2D eigenvalue weighted by Gasteiger charge is 2.24. The molecular formula is C12H23N3O4. The molecule has 110 valence electrons. The molecule has 2 atom stereocenters. The van der Waals surface area contributed by atoms with E-state index in [1.807, 2.05) is 11.8 Å². The van der Waals surface area contributed by atoms with E-state index in [1.165, 1.54) is 0 Å². The van der Waals surface area contributed by atoms with Crippen molar-refractivity contribution in [1.82, 2.24) is 10.2 Å². The van der Waals surface area contributed by atoms with E-state index in [9.17, 15) is 9.59 Å². The minimum atomic E-state index is -0.845. The molecule has 0 bridgehead atoms. The summed E-state index contributed by atoms with van der Waals surface area (Å²) in [6, 6.07) is -0.0542. The Balaban J connectivity index is 2.19. The van der Waals surface area contributed by atoms with Gasteiger partial charge in [-0.3, -0.25) is 14.5 Å². The van der Waals surface area contributed by atoms with Gasteiger partial charge < -0.3 is 20.9 Å². The fourth-order valence-corrected chi connectivity index (χ4v) is 1.92. The highest BCUT2D eigenvalue weighted by Crippen LogP contribution is 2.07. The largest absolute Gasteiger partial charge is 0.481 e. The van der Waals surface area contributed by atoms with Crippen LogP contribution in [0.15, 0.2) is 0 Å². The monoisotopic (exact) mass is 273 g/mol. The Kier molecular flexibility index (Phi) is 6.75. The van der Waals surface area contributed by atoms with Crippen molar-refractivity contribution in [1.29, 1.82) is 0 Å². The number of carbonyl (C=O) groups is 2. The molecule has 0 aromatic carbocycles. The van der Waals surface area contributed by atoms with Crippen LogP contribution in [-0.2, 0) is 14.3 Å². The Morgan fingerprint density at radius 2 is 2.32 bits per heavy atom. The number of carboxylic acid groups (broad SMARTS) is 1. The van der Waals surface area contributed by atoms with Gasteiger partial charge in [0.1, 0.15) is 0 Å². The maximum atomic E-state index is 11.7. The van der Waals surface area contributed by atoms with Gasteiger partial charge in [0, 0.05) is 32.1 Å². The number of aliphatic carboxylic acids is 1. The number of ether oxygens (including phenoxy) is 1. The summed E-state index contributed by atoms with van der Waals surface area (Å²) in [6.45, 7) is 4.54. The first-order chi connectivity index (χ1) is 8.99. The summed E-state index contributed by atoms with van der Waals surface area (Å²) in [4.78, 5) is 24.0. The van der Waals surface area contributed by atoms with Gasteiger partial charge in [0.25, 0.3) is 0 Å². The van der Waals surface area contributed by atoms with Crippen molar-refractivity contribution < 1.29 is 19.4 Å². The van der Waals surface area contributed by atoms with Crippen LogP contribution in [-0.4, -0.2) is 66.8 Å². The lowest BCUT2D eigenvalue weighted by Gasteiger charge is -2.34. The zero-order valence-electron chi connectivity index (χ0n) is 11.3. The smallest absolute Gasteiger partial charge is 0.303 e. The Hall–Kier alpha value is -1.18. The predicted octanol–water partition coefficient (Wildman–Crippen LogP) is -0.985. The van der Waals surface area contributed by atoms with E-state index in [0.29, 0.717) is 39.2 Å². The Labute approximate surface area is 113 Å². The van der Waals surface area contributed by atoms with E-state index in [0.717, 1.165) is 0 Å².